The van der Waals surface area contributed by atoms with E-state index in [1.165, 1.54) is 17.0 Å². The molecule has 2 aromatic carbocycles. The van der Waals surface area contributed by atoms with Crippen molar-refractivity contribution in [2.24, 2.45) is 0 Å². The Balaban J connectivity index is 1.70. The van der Waals surface area contributed by atoms with E-state index in [0.717, 1.165) is 6.07 Å². The lowest BCUT2D eigenvalue weighted by Crippen LogP contribution is -2.36. The van der Waals surface area contributed by atoms with Crippen molar-refractivity contribution >= 4 is 28.4 Å². The number of nitriles is 1. The highest BCUT2D eigenvalue weighted by atomic mass is 19.1. The number of ether oxygens (including phenoxy) is 1. The number of carbonyl (C=O) groups excluding carboxylic acids is 1. The molecule has 1 N–H and O–H groups in total. The van der Waals surface area contributed by atoms with E-state index < -0.39 is 5.82 Å². The predicted molar refractivity (Wildman–Crippen MR) is 127 cm³/mol. The van der Waals surface area contributed by atoms with Crippen molar-refractivity contribution < 1.29 is 18.3 Å². The van der Waals surface area contributed by atoms with Gasteiger partial charge in [-0.2, -0.15) is 5.26 Å². The number of nitrogens with one attached hydrogen (secondary N) is 1. The monoisotopic (exact) mass is 464 g/mol. The number of halogens is 1. The number of anilines is 2. The summed E-state index contributed by atoms with van der Waals surface area (Å²) >= 11 is 0. The molecule has 1 aromatic heterocycles. The number of carbonyl (C=O) groups is 1. The summed E-state index contributed by atoms with van der Waals surface area (Å²) in [4.78, 5) is 29.1. The van der Waals surface area contributed by atoms with Crippen molar-refractivity contribution in [3.05, 3.63) is 69.1 Å². The summed E-state index contributed by atoms with van der Waals surface area (Å²) in [5.41, 5.74) is 1.94. The number of rotatable bonds is 6. The molecule has 3 aromatic rings. The van der Waals surface area contributed by atoms with Gasteiger partial charge < -0.3 is 24.3 Å². The number of hydrogen-bond donors (Lipinski definition) is 1. The van der Waals surface area contributed by atoms with Crippen molar-refractivity contribution in [1.29, 1.82) is 5.26 Å². The van der Waals surface area contributed by atoms with Crippen LogP contribution in [-0.2, 0) is 11.2 Å². The third-order valence-corrected chi connectivity index (χ3v) is 5.62. The number of benzene rings is 2. The summed E-state index contributed by atoms with van der Waals surface area (Å²) in [6.07, 6.45) is 0.402. The standard InChI is InChI=1S/C25H25FN4O4/c1-29(2)25(32)18-11-17(3-4-28-20-10-16(15-27)9-19(26)13-20)24-21(12-18)22(31)14-23(34-24)30-5-7-33-8-6-30/h9-14,28H,3-8H2,1-2H3. The van der Waals surface area contributed by atoms with Crippen molar-refractivity contribution in [1.82, 2.24) is 4.90 Å². The molecule has 1 aliphatic rings. The van der Waals surface area contributed by atoms with Gasteiger partial charge in [-0.25, -0.2) is 4.39 Å². The van der Waals surface area contributed by atoms with Gasteiger partial charge in [-0.1, -0.05) is 0 Å². The lowest BCUT2D eigenvalue weighted by molar-refractivity contribution is 0.0827. The van der Waals surface area contributed by atoms with Crippen molar-refractivity contribution in [2.75, 3.05) is 57.2 Å². The molecule has 0 aliphatic carbocycles. The van der Waals surface area contributed by atoms with E-state index in [-0.39, 0.29) is 16.9 Å². The van der Waals surface area contributed by atoms with E-state index >= 15 is 0 Å². The first-order chi connectivity index (χ1) is 16.4. The summed E-state index contributed by atoms with van der Waals surface area (Å²) in [5.74, 6) is -0.270. The maximum atomic E-state index is 13.8. The van der Waals surface area contributed by atoms with Crippen LogP contribution in [0.25, 0.3) is 11.0 Å². The van der Waals surface area contributed by atoms with Gasteiger partial charge in [0.2, 0.25) is 0 Å². The van der Waals surface area contributed by atoms with Crippen LogP contribution in [0.3, 0.4) is 0 Å². The molecule has 176 valence electrons. The fourth-order valence-electron chi connectivity index (χ4n) is 3.92. The molecule has 1 fully saturated rings. The van der Waals surface area contributed by atoms with Crippen LogP contribution in [-0.4, -0.2) is 57.8 Å². The molecule has 1 amide bonds. The SMILES string of the molecule is CN(C)C(=O)c1cc(CCNc2cc(F)cc(C#N)c2)c2oc(N3CCOCC3)cc(=O)c2c1. The molecule has 8 nitrogen and oxygen atoms in total. The van der Waals surface area contributed by atoms with Crippen molar-refractivity contribution in [3.8, 4) is 6.07 Å². The zero-order valence-corrected chi connectivity index (χ0v) is 19.1. The summed E-state index contributed by atoms with van der Waals surface area (Å²) in [5, 5.41) is 12.5. The molecular weight excluding hydrogens is 439 g/mol. The molecule has 0 spiro atoms. The largest absolute Gasteiger partial charge is 0.440 e. The summed E-state index contributed by atoms with van der Waals surface area (Å²) in [6.45, 7) is 2.70. The number of nitrogens with zero attached hydrogens (tertiary/aromatic N) is 3. The fraction of sp³-hybridized carbons (Fsp3) is 0.320. The molecule has 9 heteroatoms. The normalized spacial score (nSPS) is 13.5. The highest BCUT2D eigenvalue weighted by Gasteiger charge is 2.19. The lowest BCUT2D eigenvalue weighted by atomic mass is 10.0. The Morgan fingerprint density at radius 3 is 2.65 bits per heavy atom. The maximum absolute atomic E-state index is 13.8. The first-order valence-corrected chi connectivity index (χ1v) is 11.0. The van der Waals surface area contributed by atoms with Gasteiger partial charge in [0.25, 0.3) is 5.91 Å². The van der Waals surface area contributed by atoms with Crippen LogP contribution in [0.1, 0.15) is 21.5 Å². The second-order valence-electron chi connectivity index (χ2n) is 8.28. The minimum atomic E-state index is -0.508. The number of amides is 1. The van der Waals surface area contributed by atoms with Crippen LogP contribution < -0.4 is 15.6 Å². The Hall–Kier alpha value is -3.90. The molecule has 0 radical (unpaired) electrons. The number of hydrogen-bond acceptors (Lipinski definition) is 7. The summed E-state index contributed by atoms with van der Waals surface area (Å²) < 4.78 is 25.3. The smallest absolute Gasteiger partial charge is 0.253 e. The van der Waals surface area contributed by atoms with Crippen LogP contribution >= 0.6 is 0 Å². The van der Waals surface area contributed by atoms with Crippen LogP contribution in [0.5, 0.6) is 0 Å². The second kappa shape index (κ2) is 9.93. The maximum Gasteiger partial charge on any atom is 0.253 e. The van der Waals surface area contributed by atoms with Gasteiger partial charge in [0.15, 0.2) is 11.3 Å². The minimum Gasteiger partial charge on any atom is -0.440 e. The average molecular weight is 464 g/mol. The van der Waals surface area contributed by atoms with Gasteiger partial charge in [0.1, 0.15) is 11.4 Å². The van der Waals surface area contributed by atoms with Crippen LogP contribution in [0, 0.1) is 17.1 Å². The Kier molecular flexibility index (Phi) is 6.80. The van der Waals surface area contributed by atoms with Crippen LogP contribution in [0.2, 0.25) is 0 Å². The molecule has 4 rings (SSSR count). The van der Waals surface area contributed by atoms with E-state index in [0.29, 0.717) is 72.9 Å². The summed E-state index contributed by atoms with van der Waals surface area (Å²) in [6, 6.07) is 10.7. The molecule has 0 saturated carbocycles. The van der Waals surface area contributed by atoms with Gasteiger partial charge in [-0.15, -0.1) is 0 Å². The highest BCUT2D eigenvalue weighted by molar-refractivity contribution is 5.98. The van der Waals surface area contributed by atoms with E-state index in [4.69, 9.17) is 14.4 Å². The van der Waals surface area contributed by atoms with Gasteiger partial charge in [-0.05, 0) is 42.3 Å². The van der Waals surface area contributed by atoms with E-state index in [1.54, 1.807) is 32.3 Å². The lowest BCUT2D eigenvalue weighted by Gasteiger charge is -2.27. The van der Waals surface area contributed by atoms with Crippen molar-refractivity contribution in [2.45, 2.75) is 6.42 Å². The molecule has 1 aliphatic heterocycles. The zero-order valence-electron chi connectivity index (χ0n) is 19.1. The number of morpholine rings is 1. The van der Waals surface area contributed by atoms with E-state index in [2.05, 4.69) is 5.32 Å². The van der Waals surface area contributed by atoms with Crippen LogP contribution in [0.4, 0.5) is 16.0 Å². The Bertz CT molecular complexity index is 1320. The van der Waals surface area contributed by atoms with Gasteiger partial charge in [-0.3, -0.25) is 9.59 Å². The molecule has 1 saturated heterocycles. The fourth-order valence-corrected chi connectivity index (χ4v) is 3.92. The van der Waals surface area contributed by atoms with Crippen LogP contribution in [0.15, 0.2) is 45.6 Å². The Morgan fingerprint density at radius 2 is 1.94 bits per heavy atom. The summed E-state index contributed by atoms with van der Waals surface area (Å²) in [7, 11) is 3.29. The topological polar surface area (TPSA) is 98.8 Å². The molecule has 0 bridgehead atoms. The van der Waals surface area contributed by atoms with Gasteiger partial charge in [0.05, 0.1) is 30.2 Å². The van der Waals surface area contributed by atoms with E-state index in [1.807, 2.05) is 11.0 Å². The Labute approximate surface area is 196 Å². The molecule has 0 atom stereocenters. The minimum absolute atomic E-state index is 0.215. The highest BCUT2D eigenvalue weighted by Crippen LogP contribution is 2.26. The zero-order chi connectivity index (χ0) is 24.2. The third kappa shape index (κ3) is 5.02. The molecule has 0 unspecified atom stereocenters. The van der Waals surface area contributed by atoms with Gasteiger partial charge >= 0.3 is 0 Å². The quantitative estimate of drug-likeness (QED) is 0.599. The molecule has 34 heavy (non-hydrogen) atoms. The Morgan fingerprint density at radius 1 is 1.18 bits per heavy atom. The van der Waals surface area contributed by atoms with Gasteiger partial charge in [0, 0.05) is 51.0 Å². The molecule has 2 heterocycles. The first-order valence-electron chi connectivity index (χ1n) is 11.0. The average Bonchev–Trinajstić information content (AvgIpc) is 2.83. The first kappa shape index (κ1) is 23.3. The predicted octanol–water partition coefficient (Wildman–Crippen LogP) is 3.00. The van der Waals surface area contributed by atoms with Crippen molar-refractivity contribution in [3.63, 3.8) is 0 Å². The molecular formula is C25H25FN4O4. The third-order valence-electron chi connectivity index (χ3n) is 5.62. The number of fused-ring (bicyclic) bond motifs is 1. The van der Waals surface area contributed by atoms with E-state index in [9.17, 15) is 14.0 Å². The second-order valence-corrected chi connectivity index (χ2v) is 8.28.